The number of alkyl halides is 2. The Hall–Kier alpha value is -3.60. The summed E-state index contributed by atoms with van der Waals surface area (Å²) in [6, 6.07) is 8.53. The van der Waals surface area contributed by atoms with E-state index in [0.717, 1.165) is 6.07 Å². The predicted octanol–water partition coefficient (Wildman–Crippen LogP) is 3.92. The van der Waals surface area contributed by atoms with Gasteiger partial charge in [0.25, 0.3) is 11.8 Å². The Morgan fingerprint density at radius 3 is 2.56 bits per heavy atom. The summed E-state index contributed by atoms with van der Waals surface area (Å²) in [5.74, 6) is -3.76. The SMILES string of the molecule is COc1cc2nccc(Oc3ccc(NC(=S)N4CC(F)(F)C4)cc3F)c2cc1C(N)=O. The van der Waals surface area contributed by atoms with Gasteiger partial charge in [-0.25, -0.2) is 13.2 Å². The van der Waals surface area contributed by atoms with E-state index < -0.39 is 30.7 Å². The van der Waals surface area contributed by atoms with Gasteiger partial charge in [0.15, 0.2) is 16.7 Å². The minimum absolute atomic E-state index is 0.0806. The smallest absolute Gasteiger partial charge is 0.282 e. The first kappa shape index (κ1) is 21.6. The lowest BCUT2D eigenvalue weighted by molar-refractivity contribution is -0.0999. The van der Waals surface area contributed by atoms with Gasteiger partial charge in [-0.15, -0.1) is 0 Å². The molecule has 0 bridgehead atoms. The molecule has 1 aliphatic heterocycles. The van der Waals surface area contributed by atoms with Crippen molar-refractivity contribution in [3.8, 4) is 17.2 Å². The molecule has 11 heteroatoms. The van der Waals surface area contributed by atoms with Crippen LogP contribution in [0.15, 0.2) is 42.6 Å². The molecule has 0 aliphatic carbocycles. The van der Waals surface area contributed by atoms with Crippen LogP contribution in [0.25, 0.3) is 10.9 Å². The van der Waals surface area contributed by atoms with Gasteiger partial charge in [0.1, 0.15) is 11.5 Å². The molecule has 166 valence electrons. The highest BCUT2D eigenvalue weighted by molar-refractivity contribution is 7.80. The summed E-state index contributed by atoms with van der Waals surface area (Å²) in [5, 5.41) is 3.24. The molecule has 1 saturated heterocycles. The molecular weight excluding hydrogens is 445 g/mol. The number of carbonyl (C=O) groups excluding carboxylic acids is 1. The van der Waals surface area contributed by atoms with Crippen LogP contribution in [0.5, 0.6) is 17.2 Å². The molecule has 1 amide bonds. The number of nitrogens with one attached hydrogen (secondary N) is 1. The number of likely N-dealkylation sites (tertiary alicyclic amines) is 1. The van der Waals surface area contributed by atoms with Crippen molar-refractivity contribution in [3.05, 3.63) is 54.0 Å². The maximum absolute atomic E-state index is 14.7. The summed E-state index contributed by atoms with van der Waals surface area (Å²) in [5.41, 5.74) is 6.29. The fourth-order valence-corrected chi connectivity index (χ4v) is 3.48. The van der Waals surface area contributed by atoms with Crippen molar-refractivity contribution < 1.29 is 27.4 Å². The van der Waals surface area contributed by atoms with Crippen molar-refractivity contribution >= 4 is 39.8 Å². The first-order valence-electron chi connectivity index (χ1n) is 9.34. The zero-order valence-electron chi connectivity index (χ0n) is 16.7. The number of methoxy groups -OCH3 is 1. The van der Waals surface area contributed by atoms with Crippen molar-refractivity contribution in [2.75, 3.05) is 25.5 Å². The average Bonchev–Trinajstić information content (AvgIpc) is 2.72. The number of amides is 1. The van der Waals surface area contributed by atoms with E-state index in [1.807, 2.05) is 0 Å². The van der Waals surface area contributed by atoms with Gasteiger partial charge in [0, 0.05) is 29.4 Å². The van der Waals surface area contributed by atoms with Crippen LogP contribution >= 0.6 is 12.2 Å². The molecule has 1 aliphatic rings. The molecule has 0 spiro atoms. The number of nitrogens with two attached hydrogens (primary N) is 1. The van der Waals surface area contributed by atoms with Crippen molar-refractivity contribution in [3.63, 3.8) is 0 Å². The highest BCUT2D eigenvalue weighted by Crippen LogP contribution is 2.35. The number of fused-ring (bicyclic) bond motifs is 1. The molecule has 7 nitrogen and oxygen atoms in total. The van der Waals surface area contributed by atoms with Gasteiger partial charge < -0.3 is 25.4 Å². The predicted molar refractivity (Wildman–Crippen MR) is 116 cm³/mol. The van der Waals surface area contributed by atoms with Gasteiger partial charge in [0.05, 0.1) is 31.3 Å². The van der Waals surface area contributed by atoms with Crippen molar-refractivity contribution in [2.24, 2.45) is 5.73 Å². The minimum atomic E-state index is -2.76. The van der Waals surface area contributed by atoms with Crippen molar-refractivity contribution in [1.29, 1.82) is 0 Å². The van der Waals surface area contributed by atoms with Crippen LogP contribution in [0.4, 0.5) is 18.9 Å². The van der Waals surface area contributed by atoms with E-state index in [1.165, 1.54) is 48.5 Å². The largest absolute Gasteiger partial charge is 0.496 e. The van der Waals surface area contributed by atoms with E-state index in [4.69, 9.17) is 27.4 Å². The van der Waals surface area contributed by atoms with Crippen LogP contribution in [0.1, 0.15) is 10.4 Å². The summed E-state index contributed by atoms with van der Waals surface area (Å²) in [7, 11) is 1.40. The molecule has 2 aromatic carbocycles. The first-order valence-corrected chi connectivity index (χ1v) is 9.75. The lowest BCUT2D eigenvalue weighted by atomic mass is 10.1. The lowest BCUT2D eigenvalue weighted by Crippen LogP contribution is -2.59. The third-order valence-electron chi connectivity index (χ3n) is 4.82. The van der Waals surface area contributed by atoms with E-state index >= 15 is 0 Å². The number of benzene rings is 2. The number of ether oxygens (including phenoxy) is 2. The van der Waals surface area contributed by atoms with Gasteiger partial charge in [-0.1, -0.05) is 0 Å². The molecule has 32 heavy (non-hydrogen) atoms. The van der Waals surface area contributed by atoms with Crippen molar-refractivity contribution in [2.45, 2.75) is 5.92 Å². The number of primary amides is 1. The maximum Gasteiger partial charge on any atom is 0.282 e. The third-order valence-corrected chi connectivity index (χ3v) is 5.18. The number of anilines is 1. The second kappa shape index (κ2) is 8.15. The number of nitrogens with zero attached hydrogens (tertiary/aromatic N) is 2. The molecule has 0 atom stereocenters. The van der Waals surface area contributed by atoms with Crippen molar-refractivity contribution in [1.82, 2.24) is 9.88 Å². The average molecular weight is 462 g/mol. The molecule has 1 aromatic heterocycles. The first-order chi connectivity index (χ1) is 15.2. The molecule has 3 N–H and O–H groups in total. The summed E-state index contributed by atoms with van der Waals surface area (Å²) in [6.45, 7) is -0.953. The number of aromatic nitrogens is 1. The number of halogens is 3. The summed E-state index contributed by atoms with van der Waals surface area (Å²) in [6.07, 6.45) is 1.47. The molecule has 0 unspecified atom stereocenters. The summed E-state index contributed by atoms with van der Waals surface area (Å²) < 4.78 is 51.6. The van der Waals surface area contributed by atoms with E-state index in [2.05, 4.69) is 10.3 Å². The second-order valence-corrected chi connectivity index (χ2v) is 7.52. The normalized spacial score (nSPS) is 14.6. The standard InChI is InChI=1S/C21H17F3N4O3S/c1-30-18-8-15-12(7-13(18)19(25)29)16(4-5-26-15)31-17-3-2-11(6-14(17)22)27-20(32)28-9-21(23,24)10-28/h2-8H,9-10H2,1H3,(H2,25,29)(H,27,32). The maximum atomic E-state index is 14.7. The van der Waals surface area contributed by atoms with Gasteiger partial charge in [-0.2, -0.15) is 0 Å². The Balaban J connectivity index is 1.57. The van der Waals surface area contributed by atoms with E-state index in [9.17, 15) is 18.0 Å². The van der Waals surface area contributed by atoms with Crippen LogP contribution < -0.4 is 20.5 Å². The number of carbonyl (C=O) groups is 1. The zero-order chi connectivity index (χ0) is 23.0. The number of pyridine rings is 1. The van der Waals surface area contributed by atoms with Gasteiger partial charge in [-0.3, -0.25) is 9.78 Å². The Labute approximate surface area is 185 Å². The lowest BCUT2D eigenvalue weighted by Gasteiger charge is -2.40. The zero-order valence-corrected chi connectivity index (χ0v) is 17.5. The summed E-state index contributed by atoms with van der Waals surface area (Å²) >= 11 is 5.07. The Morgan fingerprint density at radius 2 is 1.94 bits per heavy atom. The third kappa shape index (κ3) is 4.24. The minimum Gasteiger partial charge on any atom is -0.496 e. The Morgan fingerprint density at radius 1 is 1.19 bits per heavy atom. The molecular formula is C21H17F3N4O3S. The Bertz CT molecular complexity index is 1230. The fraction of sp³-hybridized carbons (Fsp3) is 0.190. The molecule has 4 rings (SSSR count). The van der Waals surface area contributed by atoms with Crippen LogP contribution in [-0.4, -0.2) is 47.0 Å². The van der Waals surface area contributed by atoms with Gasteiger partial charge >= 0.3 is 0 Å². The number of hydrogen-bond acceptors (Lipinski definition) is 5. The van der Waals surface area contributed by atoms with Crippen LogP contribution in [0, 0.1) is 5.82 Å². The van der Waals surface area contributed by atoms with E-state index in [0.29, 0.717) is 10.9 Å². The molecule has 2 heterocycles. The molecule has 0 saturated carbocycles. The molecule has 3 aromatic rings. The van der Waals surface area contributed by atoms with E-state index in [-0.39, 0.29) is 33.6 Å². The monoisotopic (exact) mass is 462 g/mol. The second-order valence-electron chi connectivity index (χ2n) is 7.13. The fourth-order valence-electron chi connectivity index (χ4n) is 3.24. The Kier molecular flexibility index (Phi) is 5.51. The van der Waals surface area contributed by atoms with Gasteiger partial charge in [0.2, 0.25) is 0 Å². The van der Waals surface area contributed by atoms with Crippen LogP contribution in [0.2, 0.25) is 0 Å². The molecule has 1 fully saturated rings. The highest BCUT2D eigenvalue weighted by Gasteiger charge is 2.45. The number of rotatable bonds is 5. The highest BCUT2D eigenvalue weighted by atomic mass is 32.1. The van der Waals surface area contributed by atoms with Crippen LogP contribution in [-0.2, 0) is 0 Å². The number of thiocarbonyl (C=S) groups is 1. The summed E-state index contributed by atoms with van der Waals surface area (Å²) in [4.78, 5) is 17.2. The van der Waals surface area contributed by atoms with Crippen LogP contribution in [0.3, 0.4) is 0 Å². The topological polar surface area (TPSA) is 89.7 Å². The number of hydrogen-bond donors (Lipinski definition) is 2. The quantitative estimate of drug-likeness (QED) is 0.556. The molecule has 0 radical (unpaired) electrons. The van der Waals surface area contributed by atoms with Gasteiger partial charge in [-0.05, 0) is 36.5 Å². The van der Waals surface area contributed by atoms with E-state index in [1.54, 1.807) is 0 Å².